The maximum absolute atomic E-state index is 12.4. The molecule has 14 heteroatoms. The monoisotopic (exact) mass is 487 g/mol. The van der Waals surface area contributed by atoms with Crippen molar-refractivity contribution < 1.29 is 29.2 Å². The molecule has 0 aromatic heterocycles. The maximum atomic E-state index is 12.4. The van der Waals surface area contributed by atoms with Crippen LogP contribution >= 0.6 is 0 Å². The van der Waals surface area contributed by atoms with Crippen LogP contribution in [-0.2, 0) is 21.0 Å². The van der Waals surface area contributed by atoms with Gasteiger partial charge < -0.3 is 15.7 Å². The smallest absolute Gasteiger partial charge is 0.275 e. The van der Waals surface area contributed by atoms with Crippen molar-refractivity contribution in [3.8, 4) is 0 Å². The normalized spacial score (nSPS) is 13.3. The Kier molecular flexibility index (Phi) is 10.3. The van der Waals surface area contributed by atoms with Gasteiger partial charge in [0.2, 0.25) is 5.91 Å². The highest BCUT2D eigenvalue weighted by Crippen LogP contribution is 2.20. The summed E-state index contributed by atoms with van der Waals surface area (Å²) in [6, 6.07) is 3.32. The summed E-state index contributed by atoms with van der Waals surface area (Å²) in [6.45, 7) is -0.261. The van der Waals surface area contributed by atoms with E-state index in [9.17, 15) is 34.4 Å². The van der Waals surface area contributed by atoms with Crippen LogP contribution in [-0.4, -0.2) is 64.2 Å². The molecular formula is C21H25N7O7. The number of aliphatic hydroxyl groups is 1. The topological polar surface area (TPSA) is 208 Å². The first-order valence-corrected chi connectivity index (χ1v) is 10.8. The number of hydrogen-bond acceptors (Lipinski definition) is 8. The molecule has 1 aliphatic heterocycles. The minimum Gasteiger partial charge on any atom is -0.391 e. The molecule has 0 saturated heterocycles. The van der Waals surface area contributed by atoms with Crippen LogP contribution < -0.4 is 10.6 Å². The van der Waals surface area contributed by atoms with Crippen molar-refractivity contribution in [3.05, 3.63) is 62.0 Å². The van der Waals surface area contributed by atoms with Gasteiger partial charge in [-0.3, -0.25) is 34.2 Å². The Balaban J connectivity index is 1.94. The van der Waals surface area contributed by atoms with Gasteiger partial charge in [0.15, 0.2) is 0 Å². The molecule has 0 bridgehead atoms. The van der Waals surface area contributed by atoms with E-state index >= 15 is 0 Å². The van der Waals surface area contributed by atoms with Crippen molar-refractivity contribution in [3.63, 3.8) is 0 Å². The number of nitrogens with one attached hydrogen (secondary N) is 2. The second-order valence-corrected chi connectivity index (χ2v) is 7.58. The van der Waals surface area contributed by atoms with Crippen LogP contribution in [0.1, 0.15) is 41.6 Å². The third kappa shape index (κ3) is 8.21. The van der Waals surface area contributed by atoms with Gasteiger partial charge in [0.25, 0.3) is 23.4 Å². The quantitative estimate of drug-likeness (QED) is 0.0868. The van der Waals surface area contributed by atoms with Crippen LogP contribution in [0.3, 0.4) is 0 Å². The number of carbonyl (C=O) groups is 4. The van der Waals surface area contributed by atoms with E-state index in [0.717, 1.165) is 11.0 Å². The van der Waals surface area contributed by atoms with Gasteiger partial charge >= 0.3 is 0 Å². The van der Waals surface area contributed by atoms with Gasteiger partial charge in [-0.2, -0.15) is 0 Å². The van der Waals surface area contributed by atoms with Crippen LogP contribution in [0.25, 0.3) is 10.4 Å². The fraction of sp³-hybridized carbons (Fsp3) is 0.429. The van der Waals surface area contributed by atoms with E-state index in [1.54, 1.807) is 0 Å². The van der Waals surface area contributed by atoms with Crippen molar-refractivity contribution in [2.24, 2.45) is 5.11 Å². The number of nitro benzene ring substituents is 1. The molecule has 186 valence electrons. The predicted molar refractivity (Wildman–Crippen MR) is 122 cm³/mol. The molecule has 4 amide bonds. The molecule has 0 spiro atoms. The number of hydrogen-bond donors (Lipinski definition) is 3. The lowest BCUT2D eigenvalue weighted by Crippen LogP contribution is -2.39. The maximum Gasteiger partial charge on any atom is 0.275 e. The molecule has 0 radical (unpaired) electrons. The van der Waals surface area contributed by atoms with E-state index in [1.165, 1.54) is 24.3 Å². The van der Waals surface area contributed by atoms with E-state index in [1.807, 2.05) is 0 Å². The largest absolute Gasteiger partial charge is 0.391 e. The summed E-state index contributed by atoms with van der Waals surface area (Å²) in [4.78, 5) is 62.1. The summed E-state index contributed by atoms with van der Waals surface area (Å²) in [5.41, 5.74) is 8.09. The number of amides is 4. The van der Waals surface area contributed by atoms with Crippen LogP contribution in [0.4, 0.5) is 5.69 Å². The highest BCUT2D eigenvalue weighted by atomic mass is 16.6. The number of imide groups is 1. The zero-order valence-corrected chi connectivity index (χ0v) is 18.8. The molecule has 3 N–H and O–H groups in total. The molecule has 0 saturated carbocycles. The fourth-order valence-corrected chi connectivity index (χ4v) is 3.40. The first-order valence-electron chi connectivity index (χ1n) is 10.8. The van der Waals surface area contributed by atoms with Gasteiger partial charge in [-0.05, 0) is 36.9 Å². The van der Waals surface area contributed by atoms with Crippen molar-refractivity contribution in [2.45, 2.75) is 38.3 Å². The summed E-state index contributed by atoms with van der Waals surface area (Å²) in [7, 11) is 0. The van der Waals surface area contributed by atoms with E-state index in [-0.39, 0.29) is 48.8 Å². The van der Waals surface area contributed by atoms with E-state index in [4.69, 9.17) is 5.53 Å². The summed E-state index contributed by atoms with van der Waals surface area (Å²) < 4.78 is 0. The van der Waals surface area contributed by atoms with Crippen LogP contribution in [0.15, 0.2) is 35.5 Å². The van der Waals surface area contributed by atoms with Crippen LogP contribution in [0, 0.1) is 10.1 Å². The van der Waals surface area contributed by atoms with E-state index in [2.05, 4.69) is 20.7 Å². The van der Waals surface area contributed by atoms with Gasteiger partial charge in [0, 0.05) is 60.8 Å². The first-order chi connectivity index (χ1) is 16.8. The molecular weight excluding hydrogens is 462 g/mol. The van der Waals surface area contributed by atoms with Gasteiger partial charge in [0.1, 0.15) is 0 Å². The van der Waals surface area contributed by atoms with E-state index in [0.29, 0.717) is 19.3 Å². The van der Waals surface area contributed by atoms with Crippen LogP contribution in [0.2, 0.25) is 0 Å². The zero-order chi connectivity index (χ0) is 25.8. The number of nitro groups is 1. The number of nitrogens with zero attached hydrogens (tertiary/aromatic N) is 5. The number of aliphatic hydroxyl groups excluding tert-OH is 1. The van der Waals surface area contributed by atoms with Crippen molar-refractivity contribution in [1.29, 1.82) is 0 Å². The lowest BCUT2D eigenvalue weighted by atomic mass is 10.1. The number of azide groups is 1. The van der Waals surface area contributed by atoms with Crippen LogP contribution in [0.5, 0.6) is 0 Å². The number of rotatable bonds is 14. The molecule has 1 unspecified atom stereocenters. The average molecular weight is 487 g/mol. The highest BCUT2D eigenvalue weighted by molar-refractivity contribution is 6.12. The third-order valence-corrected chi connectivity index (χ3v) is 5.19. The third-order valence-electron chi connectivity index (χ3n) is 5.19. The predicted octanol–water partition coefficient (Wildman–Crippen LogP) is 1.10. The van der Waals surface area contributed by atoms with Gasteiger partial charge in [-0.25, -0.2) is 0 Å². The molecule has 1 aromatic carbocycles. The highest BCUT2D eigenvalue weighted by Gasteiger charge is 2.23. The molecule has 0 aliphatic carbocycles. The minimum absolute atomic E-state index is 0.0170. The molecule has 1 heterocycles. The Hall–Kier alpha value is -4.29. The van der Waals surface area contributed by atoms with E-state index < -0.39 is 35.3 Å². The Labute approximate surface area is 199 Å². The van der Waals surface area contributed by atoms with Gasteiger partial charge in [0.05, 0.1) is 17.1 Å². The Morgan fingerprint density at radius 3 is 2.57 bits per heavy atom. The van der Waals surface area contributed by atoms with Gasteiger partial charge in [-0.15, -0.1) is 0 Å². The summed E-state index contributed by atoms with van der Waals surface area (Å²) in [5.74, 6) is -1.73. The lowest BCUT2D eigenvalue weighted by molar-refractivity contribution is -0.385. The summed E-state index contributed by atoms with van der Waals surface area (Å²) >= 11 is 0. The average Bonchev–Trinajstić information content (AvgIpc) is 3.15. The Morgan fingerprint density at radius 1 is 1.23 bits per heavy atom. The standard InChI is InChI=1S/C21H25N7O7/c22-26-24-10-8-18(30)25-16(2-1-11-27-19(31)5-6-20(27)32)7-9-23-21(33)14-3-4-15(13-29)17(12-14)28(34)35/h3-6,12,16,29H,1-2,7-11,13H2,(H,23,33)(H,25,30). The molecule has 2 rings (SSSR count). The van der Waals surface area contributed by atoms with Crippen molar-refractivity contribution in [2.75, 3.05) is 19.6 Å². The molecule has 1 atom stereocenters. The van der Waals surface area contributed by atoms with Crippen molar-refractivity contribution >= 4 is 29.3 Å². The molecule has 35 heavy (non-hydrogen) atoms. The fourth-order valence-electron chi connectivity index (χ4n) is 3.40. The number of carbonyl (C=O) groups excluding carboxylic acids is 4. The molecule has 1 aromatic rings. The van der Waals surface area contributed by atoms with Crippen molar-refractivity contribution in [1.82, 2.24) is 15.5 Å². The summed E-state index contributed by atoms with van der Waals surface area (Å²) in [6.07, 6.45) is 3.45. The second-order valence-electron chi connectivity index (χ2n) is 7.58. The molecule has 14 nitrogen and oxygen atoms in total. The second kappa shape index (κ2) is 13.4. The molecule has 1 aliphatic rings. The SMILES string of the molecule is [N-]=[N+]=NCCC(=O)NC(CCCN1C(=O)C=CC1=O)CCNC(=O)c1ccc(CO)c([N+](=O)[O-])c1. The van der Waals surface area contributed by atoms with Gasteiger partial charge in [-0.1, -0.05) is 5.11 Å². The zero-order valence-electron chi connectivity index (χ0n) is 18.8. The number of benzene rings is 1. The molecule has 0 fully saturated rings. The minimum atomic E-state index is -0.685. The summed E-state index contributed by atoms with van der Waals surface area (Å²) in [5, 5.41) is 29.1. The first kappa shape index (κ1) is 27.0. The lowest BCUT2D eigenvalue weighted by Gasteiger charge is -2.21. The Bertz CT molecular complexity index is 1050. The Morgan fingerprint density at radius 2 is 1.94 bits per heavy atom.